The number of nitrogens with two attached hydrogens (primary N) is 1. The van der Waals surface area contributed by atoms with E-state index in [1.807, 2.05) is 13.8 Å². The minimum atomic E-state index is -3.66. The second-order valence-electron chi connectivity index (χ2n) is 5.17. The van der Waals surface area contributed by atoms with E-state index in [0.717, 1.165) is 12.5 Å². The summed E-state index contributed by atoms with van der Waals surface area (Å²) in [5.74, 6) is -0.584. The second-order valence-corrected chi connectivity index (χ2v) is 6.93. The molecule has 0 aliphatic rings. The molecule has 3 N–H and O–H groups in total. The molecule has 1 rings (SSSR count). The van der Waals surface area contributed by atoms with Crippen LogP contribution in [0.5, 0.6) is 0 Å². The van der Waals surface area contributed by atoms with Crippen LogP contribution in [-0.2, 0) is 14.8 Å². The average molecular weight is 318 g/mol. The molecule has 0 saturated carbocycles. The maximum atomic E-state index is 13.4. The van der Waals surface area contributed by atoms with Crippen molar-refractivity contribution in [2.45, 2.75) is 44.6 Å². The van der Waals surface area contributed by atoms with Crippen LogP contribution in [0, 0.1) is 12.7 Å². The molecular weight excluding hydrogens is 295 g/mol. The Labute approximate surface area is 125 Å². The maximum absolute atomic E-state index is 13.4. The van der Waals surface area contributed by atoms with E-state index in [9.17, 15) is 12.8 Å². The smallest absolute Gasteiger partial charge is 0.240 e. The standard InChI is InChI=1S/C14H23FN2O3S/c1-10(2)20-7-5-4-6-17-21(18,19)12-8-11(3)14(15)13(16)9-12/h8-10,17H,4-7,16H2,1-3H3. The first-order chi connectivity index (χ1) is 9.74. The number of rotatable bonds is 8. The van der Waals surface area contributed by atoms with Crippen molar-refractivity contribution in [3.05, 3.63) is 23.5 Å². The molecular formula is C14H23FN2O3S. The van der Waals surface area contributed by atoms with Gasteiger partial charge in [0.05, 0.1) is 16.7 Å². The normalized spacial score (nSPS) is 12.0. The SMILES string of the molecule is Cc1cc(S(=O)(=O)NCCCCOC(C)C)cc(N)c1F. The Morgan fingerprint density at radius 1 is 1.33 bits per heavy atom. The van der Waals surface area contributed by atoms with Crippen LogP contribution >= 0.6 is 0 Å². The molecule has 7 heteroatoms. The van der Waals surface area contributed by atoms with Crippen LogP contribution in [0.25, 0.3) is 0 Å². The third-order valence-corrected chi connectivity index (χ3v) is 4.32. The first kappa shape index (κ1) is 17.9. The summed E-state index contributed by atoms with van der Waals surface area (Å²) in [5.41, 5.74) is 5.50. The summed E-state index contributed by atoms with van der Waals surface area (Å²) in [6.07, 6.45) is 1.61. The Bertz CT molecular complexity index is 551. The Balaban J connectivity index is 2.54. The lowest BCUT2D eigenvalue weighted by molar-refractivity contribution is 0.0762. The molecule has 0 unspecified atom stereocenters. The highest BCUT2D eigenvalue weighted by molar-refractivity contribution is 7.89. The van der Waals surface area contributed by atoms with E-state index in [0.29, 0.717) is 19.6 Å². The molecule has 1 aromatic rings. The van der Waals surface area contributed by atoms with Gasteiger partial charge in [0.25, 0.3) is 0 Å². The predicted molar refractivity (Wildman–Crippen MR) is 81.1 cm³/mol. The number of nitrogens with one attached hydrogen (secondary N) is 1. The predicted octanol–water partition coefficient (Wildman–Crippen LogP) is 2.20. The van der Waals surface area contributed by atoms with Crippen molar-refractivity contribution in [3.63, 3.8) is 0 Å². The number of anilines is 1. The number of halogens is 1. The number of hydrogen-bond acceptors (Lipinski definition) is 4. The van der Waals surface area contributed by atoms with Crippen LogP contribution in [-0.4, -0.2) is 27.7 Å². The Hall–Kier alpha value is -1.18. The van der Waals surface area contributed by atoms with Crippen molar-refractivity contribution in [1.29, 1.82) is 0 Å². The summed E-state index contributed by atoms with van der Waals surface area (Å²) in [6.45, 7) is 6.28. The molecule has 0 aliphatic carbocycles. The maximum Gasteiger partial charge on any atom is 0.240 e. The molecule has 21 heavy (non-hydrogen) atoms. The van der Waals surface area contributed by atoms with Crippen molar-refractivity contribution < 1.29 is 17.5 Å². The number of ether oxygens (including phenoxy) is 1. The number of sulfonamides is 1. The molecule has 120 valence electrons. The minimum Gasteiger partial charge on any atom is -0.396 e. The second kappa shape index (κ2) is 7.72. The Kier molecular flexibility index (Phi) is 6.57. The highest BCUT2D eigenvalue weighted by Gasteiger charge is 2.16. The molecule has 0 amide bonds. The average Bonchev–Trinajstić information content (AvgIpc) is 2.39. The van der Waals surface area contributed by atoms with Gasteiger partial charge in [0.1, 0.15) is 5.82 Å². The van der Waals surface area contributed by atoms with Gasteiger partial charge in [0.15, 0.2) is 0 Å². The lowest BCUT2D eigenvalue weighted by Gasteiger charge is -2.10. The van der Waals surface area contributed by atoms with Crippen molar-refractivity contribution in [2.75, 3.05) is 18.9 Å². The third-order valence-electron chi connectivity index (χ3n) is 2.88. The first-order valence-electron chi connectivity index (χ1n) is 6.91. The molecule has 0 fully saturated rings. The lowest BCUT2D eigenvalue weighted by Crippen LogP contribution is -2.25. The quantitative estimate of drug-likeness (QED) is 0.569. The van der Waals surface area contributed by atoms with E-state index in [1.54, 1.807) is 0 Å². The highest BCUT2D eigenvalue weighted by Crippen LogP contribution is 2.20. The molecule has 0 atom stereocenters. The zero-order valence-electron chi connectivity index (χ0n) is 12.6. The third kappa shape index (κ3) is 5.61. The van der Waals surface area contributed by atoms with Crippen LogP contribution in [0.3, 0.4) is 0 Å². The fourth-order valence-electron chi connectivity index (χ4n) is 1.75. The van der Waals surface area contributed by atoms with Gasteiger partial charge >= 0.3 is 0 Å². The van der Waals surface area contributed by atoms with Gasteiger partial charge in [-0.05, 0) is 51.3 Å². The monoisotopic (exact) mass is 318 g/mol. The van der Waals surface area contributed by atoms with Gasteiger partial charge in [-0.1, -0.05) is 0 Å². The fourth-order valence-corrected chi connectivity index (χ4v) is 2.95. The van der Waals surface area contributed by atoms with Crippen molar-refractivity contribution in [1.82, 2.24) is 4.72 Å². The van der Waals surface area contributed by atoms with Crippen molar-refractivity contribution >= 4 is 15.7 Å². The summed E-state index contributed by atoms with van der Waals surface area (Å²) in [4.78, 5) is -0.0164. The van der Waals surface area contributed by atoms with Crippen LogP contribution in [0.15, 0.2) is 17.0 Å². The fraction of sp³-hybridized carbons (Fsp3) is 0.571. The van der Waals surface area contributed by atoms with Crippen molar-refractivity contribution in [3.8, 4) is 0 Å². The Morgan fingerprint density at radius 3 is 2.57 bits per heavy atom. The van der Waals surface area contributed by atoms with Crippen LogP contribution in [0.1, 0.15) is 32.3 Å². The van der Waals surface area contributed by atoms with E-state index >= 15 is 0 Å². The number of unbranched alkanes of at least 4 members (excludes halogenated alkanes) is 1. The summed E-state index contributed by atoms with van der Waals surface area (Å²) in [6, 6.07) is 2.41. The number of benzene rings is 1. The van der Waals surface area contributed by atoms with E-state index in [4.69, 9.17) is 10.5 Å². The van der Waals surface area contributed by atoms with Gasteiger partial charge in [0.2, 0.25) is 10.0 Å². The summed E-state index contributed by atoms with van der Waals surface area (Å²) in [5, 5.41) is 0. The molecule has 0 bridgehead atoms. The van der Waals surface area contributed by atoms with Gasteiger partial charge in [-0.25, -0.2) is 17.5 Å². The van der Waals surface area contributed by atoms with Gasteiger partial charge < -0.3 is 10.5 Å². The molecule has 0 radical (unpaired) electrons. The van der Waals surface area contributed by atoms with Crippen LogP contribution in [0.2, 0.25) is 0 Å². The van der Waals surface area contributed by atoms with Crippen molar-refractivity contribution in [2.24, 2.45) is 0 Å². The van der Waals surface area contributed by atoms with Gasteiger partial charge in [-0.3, -0.25) is 0 Å². The number of hydrogen-bond donors (Lipinski definition) is 2. The molecule has 0 saturated heterocycles. The van der Waals surface area contributed by atoms with E-state index < -0.39 is 15.8 Å². The van der Waals surface area contributed by atoms with Gasteiger partial charge in [0, 0.05) is 13.2 Å². The molecule has 1 aromatic carbocycles. The van der Waals surface area contributed by atoms with E-state index in [1.165, 1.54) is 13.0 Å². The first-order valence-corrected chi connectivity index (χ1v) is 8.39. The summed E-state index contributed by atoms with van der Waals surface area (Å²) < 4.78 is 45.4. The lowest BCUT2D eigenvalue weighted by atomic mass is 10.2. The summed E-state index contributed by atoms with van der Waals surface area (Å²) >= 11 is 0. The van der Waals surface area contributed by atoms with Crippen LogP contribution in [0.4, 0.5) is 10.1 Å². The minimum absolute atomic E-state index is 0.0164. The topological polar surface area (TPSA) is 81.4 Å². The zero-order valence-corrected chi connectivity index (χ0v) is 13.5. The van der Waals surface area contributed by atoms with E-state index in [2.05, 4.69) is 4.72 Å². The van der Waals surface area contributed by atoms with Gasteiger partial charge in [-0.2, -0.15) is 0 Å². The van der Waals surface area contributed by atoms with Gasteiger partial charge in [-0.15, -0.1) is 0 Å². The molecule has 5 nitrogen and oxygen atoms in total. The number of nitrogen functional groups attached to an aromatic ring is 1. The number of aryl methyl sites for hydroxylation is 1. The molecule has 0 aromatic heterocycles. The van der Waals surface area contributed by atoms with E-state index in [-0.39, 0.29) is 22.3 Å². The highest BCUT2D eigenvalue weighted by atomic mass is 32.2. The summed E-state index contributed by atoms with van der Waals surface area (Å²) in [7, 11) is -3.66. The largest absolute Gasteiger partial charge is 0.396 e. The molecule has 0 spiro atoms. The van der Waals surface area contributed by atoms with Crippen LogP contribution < -0.4 is 10.5 Å². The Morgan fingerprint density at radius 2 is 2.00 bits per heavy atom. The molecule has 0 aliphatic heterocycles. The zero-order chi connectivity index (χ0) is 16.0. The molecule has 0 heterocycles.